The Morgan fingerprint density at radius 3 is 2.53 bits per heavy atom. The first kappa shape index (κ1) is 19.4. The molecule has 0 amide bonds. The minimum absolute atomic E-state index is 0.0473. The summed E-state index contributed by atoms with van der Waals surface area (Å²) < 4.78 is 17.1. The summed E-state index contributed by atoms with van der Waals surface area (Å²) in [5.41, 5.74) is 9.63. The number of benzene rings is 2. The van der Waals surface area contributed by atoms with Gasteiger partial charge in [0, 0.05) is 11.1 Å². The normalized spacial score (nSPS) is 15.2. The third kappa shape index (κ3) is 3.33. The van der Waals surface area contributed by atoms with E-state index < -0.39 is 5.92 Å². The van der Waals surface area contributed by atoms with Crippen molar-refractivity contribution in [2.24, 2.45) is 5.73 Å². The Labute approximate surface area is 174 Å². The van der Waals surface area contributed by atoms with E-state index in [2.05, 4.69) is 16.3 Å². The molecular formula is C23H22N4O3. The van der Waals surface area contributed by atoms with Crippen LogP contribution in [0.3, 0.4) is 0 Å². The summed E-state index contributed by atoms with van der Waals surface area (Å²) in [4.78, 5) is 0. The predicted molar refractivity (Wildman–Crippen MR) is 112 cm³/mol. The van der Waals surface area contributed by atoms with Crippen LogP contribution in [0.15, 0.2) is 60.0 Å². The van der Waals surface area contributed by atoms with Crippen molar-refractivity contribution in [2.45, 2.75) is 19.8 Å². The molecule has 3 N–H and O–H groups in total. The average molecular weight is 402 g/mol. The molecule has 1 aromatic heterocycles. The number of ether oxygens (including phenoxy) is 3. The highest BCUT2D eigenvalue weighted by Crippen LogP contribution is 2.47. The smallest absolute Gasteiger partial charge is 0.244 e. The Morgan fingerprint density at radius 2 is 1.83 bits per heavy atom. The van der Waals surface area contributed by atoms with E-state index in [1.165, 1.54) is 0 Å². The molecule has 30 heavy (non-hydrogen) atoms. The van der Waals surface area contributed by atoms with Crippen molar-refractivity contribution in [1.29, 1.82) is 5.26 Å². The fourth-order valence-electron chi connectivity index (χ4n) is 3.67. The van der Waals surface area contributed by atoms with Crippen LogP contribution in [0.1, 0.15) is 30.9 Å². The van der Waals surface area contributed by atoms with Crippen molar-refractivity contribution in [3.05, 3.63) is 71.1 Å². The molecular weight excluding hydrogens is 380 g/mol. The Balaban J connectivity index is 1.88. The second kappa shape index (κ2) is 8.21. The molecule has 0 bridgehead atoms. The second-order valence-corrected chi connectivity index (χ2v) is 6.67. The van der Waals surface area contributed by atoms with Crippen LogP contribution in [-0.2, 0) is 0 Å². The average Bonchev–Trinajstić information content (AvgIpc) is 3.17. The number of nitrogens with zero attached hydrogens (tertiary/aromatic N) is 2. The molecule has 4 rings (SSSR count). The van der Waals surface area contributed by atoms with Gasteiger partial charge in [-0.2, -0.15) is 5.26 Å². The molecule has 0 spiro atoms. The number of fused-ring (bicyclic) bond motifs is 1. The summed E-state index contributed by atoms with van der Waals surface area (Å²) in [6, 6.07) is 17.5. The van der Waals surface area contributed by atoms with Gasteiger partial charge < -0.3 is 19.9 Å². The number of allylic oxidation sites excluding steroid dienone is 1. The van der Waals surface area contributed by atoms with Gasteiger partial charge in [0.1, 0.15) is 23.1 Å². The molecule has 2 heterocycles. The van der Waals surface area contributed by atoms with Crippen LogP contribution in [0.5, 0.6) is 17.4 Å². The zero-order valence-electron chi connectivity index (χ0n) is 16.8. The maximum absolute atomic E-state index is 9.88. The van der Waals surface area contributed by atoms with Crippen molar-refractivity contribution in [2.75, 3.05) is 13.2 Å². The molecule has 1 aliphatic rings. The summed E-state index contributed by atoms with van der Waals surface area (Å²) in [7, 11) is 0. The minimum atomic E-state index is -0.471. The van der Waals surface area contributed by atoms with Crippen LogP contribution in [0.4, 0.5) is 0 Å². The first-order valence-corrected chi connectivity index (χ1v) is 9.78. The SMILES string of the molecule is CCOc1ccc(-c2[nH]nc3c2[C@H](c2ccccc2OCC)C(C#N)=C(N)O3)cc1. The minimum Gasteiger partial charge on any atom is -0.494 e. The lowest BCUT2D eigenvalue weighted by molar-refractivity contribution is 0.334. The van der Waals surface area contributed by atoms with Crippen LogP contribution >= 0.6 is 0 Å². The van der Waals surface area contributed by atoms with Gasteiger partial charge in [0.15, 0.2) is 0 Å². The summed E-state index contributed by atoms with van der Waals surface area (Å²) in [5, 5.41) is 17.2. The van der Waals surface area contributed by atoms with E-state index in [9.17, 15) is 5.26 Å². The van der Waals surface area contributed by atoms with E-state index in [1.54, 1.807) is 0 Å². The zero-order chi connectivity index (χ0) is 21.1. The quantitative estimate of drug-likeness (QED) is 0.643. The van der Waals surface area contributed by atoms with E-state index in [0.717, 1.165) is 28.1 Å². The highest BCUT2D eigenvalue weighted by molar-refractivity contribution is 5.72. The second-order valence-electron chi connectivity index (χ2n) is 6.67. The molecule has 7 nitrogen and oxygen atoms in total. The summed E-state index contributed by atoms with van der Waals surface area (Å²) in [5.74, 6) is 1.41. The van der Waals surface area contributed by atoms with E-state index in [-0.39, 0.29) is 5.88 Å². The molecule has 0 unspecified atom stereocenters. The molecule has 0 saturated heterocycles. The molecule has 0 saturated carbocycles. The van der Waals surface area contributed by atoms with E-state index >= 15 is 0 Å². The van der Waals surface area contributed by atoms with E-state index in [4.69, 9.17) is 19.9 Å². The van der Waals surface area contributed by atoms with Gasteiger partial charge in [-0.3, -0.25) is 5.10 Å². The van der Waals surface area contributed by atoms with Crippen LogP contribution in [-0.4, -0.2) is 23.4 Å². The Kier molecular flexibility index (Phi) is 5.31. The molecule has 1 atom stereocenters. The van der Waals surface area contributed by atoms with Crippen molar-refractivity contribution in [3.8, 4) is 34.7 Å². The number of aromatic nitrogens is 2. The molecule has 0 fully saturated rings. The number of rotatable bonds is 6. The number of nitrogens with two attached hydrogens (primary N) is 1. The van der Waals surface area contributed by atoms with E-state index in [1.807, 2.05) is 62.4 Å². The van der Waals surface area contributed by atoms with Gasteiger partial charge in [0.2, 0.25) is 11.8 Å². The topological polar surface area (TPSA) is 106 Å². The van der Waals surface area contributed by atoms with Gasteiger partial charge in [0.05, 0.1) is 30.4 Å². The van der Waals surface area contributed by atoms with Crippen molar-refractivity contribution < 1.29 is 14.2 Å². The van der Waals surface area contributed by atoms with Crippen LogP contribution < -0.4 is 19.9 Å². The lowest BCUT2D eigenvalue weighted by atomic mass is 9.82. The molecule has 2 aromatic carbocycles. The third-order valence-corrected chi connectivity index (χ3v) is 4.92. The Bertz CT molecular complexity index is 1130. The molecule has 0 radical (unpaired) electrons. The van der Waals surface area contributed by atoms with Crippen LogP contribution in [0, 0.1) is 11.3 Å². The summed E-state index contributed by atoms with van der Waals surface area (Å²) in [6.45, 7) is 4.96. The highest BCUT2D eigenvalue weighted by atomic mass is 16.5. The lowest BCUT2D eigenvalue weighted by Crippen LogP contribution is -2.21. The Morgan fingerprint density at radius 1 is 1.10 bits per heavy atom. The standard InChI is InChI=1S/C23H22N4O3/c1-3-28-15-11-9-14(10-12-15)21-20-19(16-7-5-6-8-18(16)29-4-2)17(13-24)22(25)30-23(20)27-26-21/h5-12,19H,3-4,25H2,1-2H3,(H,26,27)/t19-/m1/s1. The molecule has 152 valence electrons. The fraction of sp³-hybridized carbons (Fsp3) is 0.217. The van der Waals surface area contributed by atoms with Crippen LogP contribution in [0.25, 0.3) is 11.3 Å². The molecule has 1 aliphatic heterocycles. The number of nitrogens with one attached hydrogen (secondary N) is 1. The van der Waals surface area contributed by atoms with Gasteiger partial charge in [-0.05, 0) is 44.2 Å². The van der Waals surface area contributed by atoms with Crippen molar-refractivity contribution >= 4 is 0 Å². The maximum Gasteiger partial charge on any atom is 0.244 e. The number of para-hydroxylation sites is 1. The predicted octanol–water partition coefficient (Wildman–Crippen LogP) is 4.09. The summed E-state index contributed by atoms with van der Waals surface area (Å²) >= 11 is 0. The molecule has 3 aromatic rings. The monoisotopic (exact) mass is 402 g/mol. The van der Waals surface area contributed by atoms with Gasteiger partial charge in [-0.15, -0.1) is 5.10 Å². The summed E-state index contributed by atoms with van der Waals surface area (Å²) in [6.07, 6.45) is 0. The van der Waals surface area contributed by atoms with Gasteiger partial charge >= 0.3 is 0 Å². The van der Waals surface area contributed by atoms with Crippen molar-refractivity contribution in [1.82, 2.24) is 10.2 Å². The number of nitriles is 1. The van der Waals surface area contributed by atoms with Crippen LogP contribution in [0.2, 0.25) is 0 Å². The third-order valence-electron chi connectivity index (χ3n) is 4.92. The number of H-pyrrole nitrogens is 1. The first-order valence-electron chi connectivity index (χ1n) is 9.78. The number of hydrogen-bond acceptors (Lipinski definition) is 6. The largest absolute Gasteiger partial charge is 0.494 e. The number of aromatic amines is 1. The lowest BCUT2D eigenvalue weighted by Gasteiger charge is -2.25. The van der Waals surface area contributed by atoms with Gasteiger partial charge in [-0.1, -0.05) is 18.2 Å². The zero-order valence-corrected chi connectivity index (χ0v) is 16.8. The maximum atomic E-state index is 9.88. The number of hydrogen-bond donors (Lipinski definition) is 2. The van der Waals surface area contributed by atoms with Gasteiger partial charge in [0.25, 0.3) is 0 Å². The first-order chi connectivity index (χ1) is 14.7. The molecule has 7 heteroatoms. The van der Waals surface area contributed by atoms with Crippen molar-refractivity contribution in [3.63, 3.8) is 0 Å². The molecule has 0 aliphatic carbocycles. The Hall–Kier alpha value is -3.92. The fourth-order valence-corrected chi connectivity index (χ4v) is 3.67. The highest BCUT2D eigenvalue weighted by Gasteiger charge is 2.37. The van der Waals surface area contributed by atoms with Gasteiger partial charge in [-0.25, -0.2) is 0 Å². The van der Waals surface area contributed by atoms with E-state index in [0.29, 0.717) is 30.4 Å².